The fourth-order valence-electron chi connectivity index (χ4n) is 3.81. The molecule has 0 radical (unpaired) electrons. The molecule has 0 spiro atoms. The molecule has 1 aliphatic carbocycles. The molecular formula is C22H30N2. The van der Waals surface area contributed by atoms with Gasteiger partial charge in [0.25, 0.3) is 0 Å². The molecule has 1 aromatic carbocycles. The molecule has 128 valence electrons. The van der Waals surface area contributed by atoms with Gasteiger partial charge in [-0.3, -0.25) is 0 Å². The van der Waals surface area contributed by atoms with Crippen molar-refractivity contribution in [1.29, 1.82) is 0 Å². The van der Waals surface area contributed by atoms with Gasteiger partial charge in [0.15, 0.2) is 0 Å². The van der Waals surface area contributed by atoms with Crippen LogP contribution in [0.2, 0.25) is 0 Å². The van der Waals surface area contributed by atoms with Gasteiger partial charge in [-0.25, -0.2) is 9.97 Å². The van der Waals surface area contributed by atoms with Gasteiger partial charge in [-0.1, -0.05) is 44.5 Å². The highest BCUT2D eigenvalue weighted by Gasteiger charge is 2.21. The van der Waals surface area contributed by atoms with Crippen molar-refractivity contribution in [3.8, 4) is 0 Å². The van der Waals surface area contributed by atoms with Gasteiger partial charge in [-0.05, 0) is 67.1 Å². The maximum Gasteiger partial charge on any atom is 0.128 e. The van der Waals surface area contributed by atoms with Gasteiger partial charge in [0.2, 0.25) is 0 Å². The minimum atomic E-state index is 0.684. The van der Waals surface area contributed by atoms with E-state index in [1.165, 1.54) is 48.8 Å². The molecular weight excluding hydrogens is 292 g/mol. The van der Waals surface area contributed by atoms with E-state index in [4.69, 9.17) is 0 Å². The van der Waals surface area contributed by atoms with Crippen molar-refractivity contribution >= 4 is 0 Å². The first-order valence-electron chi connectivity index (χ1n) is 9.67. The summed E-state index contributed by atoms with van der Waals surface area (Å²) in [5.41, 5.74) is 4.12. The summed E-state index contributed by atoms with van der Waals surface area (Å²) in [6.45, 7) is 4.51. The lowest BCUT2D eigenvalue weighted by molar-refractivity contribution is 0.318. The maximum absolute atomic E-state index is 4.63. The largest absolute Gasteiger partial charge is 0.241 e. The molecule has 0 aliphatic heterocycles. The van der Waals surface area contributed by atoms with Crippen molar-refractivity contribution in [3.05, 3.63) is 59.2 Å². The van der Waals surface area contributed by atoms with E-state index in [0.29, 0.717) is 5.92 Å². The molecule has 0 bridgehead atoms. The summed E-state index contributed by atoms with van der Waals surface area (Å²) in [6, 6.07) is 8.93. The van der Waals surface area contributed by atoms with Crippen LogP contribution in [0.15, 0.2) is 36.7 Å². The molecule has 0 unspecified atom stereocenters. The first-order valence-corrected chi connectivity index (χ1v) is 9.67. The molecule has 1 aliphatic rings. The number of aromatic nitrogens is 2. The van der Waals surface area contributed by atoms with Crippen molar-refractivity contribution in [2.45, 2.75) is 71.1 Å². The Morgan fingerprint density at radius 1 is 0.833 bits per heavy atom. The molecule has 24 heavy (non-hydrogen) atoms. The third-order valence-electron chi connectivity index (χ3n) is 5.69. The molecule has 1 fully saturated rings. The Kier molecular flexibility index (Phi) is 6.01. The van der Waals surface area contributed by atoms with Crippen molar-refractivity contribution in [2.75, 3.05) is 0 Å². The van der Waals surface area contributed by atoms with Crippen LogP contribution in [0.5, 0.6) is 0 Å². The van der Waals surface area contributed by atoms with Crippen LogP contribution in [-0.2, 0) is 19.3 Å². The van der Waals surface area contributed by atoms with E-state index < -0.39 is 0 Å². The quantitative estimate of drug-likeness (QED) is 0.701. The molecule has 1 heterocycles. The molecule has 0 saturated heterocycles. The number of aryl methyl sites for hydroxylation is 3. The third kappa shape index (κ3) is 4.43. The van der Waals surface area contributed by atoms with Gasteiger partial charge in [0.05, 0.1) is 0 Å². The highest BCUT2D eigenvalue weighted by Crippen LogP contribution is 2.36. The predicted octanol–water partition coefficient (Wildman–Crippen LogP) is 5.51. The van der Waals surface area contributed by atoms with E-state index >= 15 is 0 Å². The lowest BCUT2D eigenvalue weighted by atomic mass is 9.78. The standard InChI is InChI=1S/C22H30N2/c1-3-17-5-7-19(8-6-17)11-14-22-23-15-21(16-24-22)20-12-9-18(4-2)10-13-20/h5-8,15-16,18,20H,3-4,9-14H2,1-2H3. The van der Waals surface area contributed by atoms with E-state index in [2.05, 4.69) is 60.5 Å². The zero-order valence-electron chi connectivity index (χ0n) is 15.2. The van der Waals surface area contributed by atoms with E-state index in [1.54, 1.807) is 0 Å². The fraction of sp³-hybridized carbons (Fsp3) is 0.545. The van der Waals surface area contributed by atoms with Crippen molar-refractivity contribution in [2.24, 2.45) is 5.92 Å². The van der Waals surface area contributed by atoms with Crippen molar-refractivity contribution in [1.82, 2.24) is 9.97 Å². The fourth-order valence-corrected chi connectivity index (χ4v) is 3.81. The summed E-state index contributed by atoms with van der Waals surface area (Å²) in [4.78, 5) is 9.26. The highest BCUT2D eigenvalue weighted by molar-refractivity contribution is 5.23. The Bertz CT molecular complexity index is 607. The molecule has 2 aromatic rings. The van der Waals surface area contributed by atoms with Gasteiger partial charge in [0.1, 0.15) is 5.82 Å². The minimum absolute atomic E-state index is 0.684. The Labute approximate surface area is 146 Å². The molecule has 0 atom stereocenters. The Morgan fingerprint density at radius 3 is 2.04 bits per heavy atom. The molecule has 0 N–H and O–H groups in total. The number of nitrogens with zero attached hydrogens (tertiary/aromatic N) is 2. The van der Waals surface area contributed by atoms with E-state index in [9.17, 15) is 0 Å². The lowest BCUT2D eigenvalue weighted by Gasteiger charge is -2.27. The molecule has 2 nitrogen and oxygen atoms in total. The smallest absolute Gasteiger partial charge is 0.128 e. The lowest BCUT2D eigenvalue weighted by Crippen LogP contribution is -2.13. The summed E-state index contributed by atoms with van der Waals surface area (Å²) in [6.07, 6.45) is 13.9. The molecule has 1 saturated carbocycles. The molecule has 0 amide bonds. The van der Waals surface area contributed by atoms with Gasteiger partial charge in [-0.2, -0.15) is 0 Å². The topological polar surface area (TPSA) is 25.8 Å². The van der Waals surface area contributed by atoms with Crippen LogP contribution in [0.4, 0.5) is 0 Å². The average Bonchev–Trinajstić information content (AvgIpc) is 2.67. The monoisotopic (exact) mass is 322 g/mol. The second-order valence-corrected chi connectivity index (χ2v) is 7.23. The van der Waals surface area contributed by atoms with Crippen LogP contribution in [0.25, 0.3) is 0 Å². The van der Waals surface area contributed by atoms with Crippen molar-refractivity contribution < 1.29 is 0 Å². The van der Waals surface area contributed by atoms with Gasteiger partial charge < -0.3 is 0 Å². The highest BCUT2D eigenvalue weighted by atomic mass is 14.9. The first-order chi connectivity index (χ1) is 11.8. The van der Waals surface area contributed by atoms with Crippen LogP contribution in [0.3, 0.4) is 0 Å². The van der Waals surface area contributed by atoms with Crippen LogP contribution in [-0.4, -0.2) is 9.97 Å². The Morgan fingerprint density at radius 2 is 1.46 bits per heavy atom. The second-order valence-electron chi connectivity index (χ2n) is 7.23. The predicted molar refractivity (Wildman–Crippen MR) is 100 cm³/mol. The summed E-state index contributed by atoms with van der Waals surface area (Å²) >= 11 is 0. The molecule has 1 aromatic heterocycles. The zero-order valence-corrected chi connectivity index (χ0v) is 15.2. The van der Waals surface area contributed by atoms with Crippen LogP contribution < -0.4 is 0 Å². The summed E-state index contributed by atoms with van der Waals surface area (Å²) < 4.78 is 0. The average molecular weight is 322 g/mol. The third-order valence-corrected chi connectivity index (χ3v) is 5.69. The summed E-state index contributed by atoms with van der Waals surface area (Å²) in [5, 5.41) is 0. The number of hydrogen-bond acceptors (Lipinski definition) is 2. The zero-order chi connectivity index (χ0) is 16.8. The van der Waals surface area contributed by atoms with E-state index in [0.717, 1.165) is 31.0 Å². The molecule has 2 heteroatoms. The van der Waals surface area contributed by atoms with Crippen LogP contribution >= 0.6 is 0 Å². The maximum atomic E-state index is 4.63. The van der Waals surface area contributed by atoms with E-state index in [-0.39, 0.29) is 0 Å². The SMILES string of the molecule is CCc1ccc(CCc2ncc(C3CCC(CC)CC3)cn2)cc1. The number of benzene rings is 1. The van der Waals surface area contributed by atoms with Gasteiger partial charge in [-0.15, -0.1) is 0 Å². The molecule has 3 rings (SSSR count). The number of hydrogen-bond donors (Lipinski definition) is 0. The number of rotatable bonds is 6. The van der Waals surface area contributed by atoms with Gasteiger partial charge in [0, 0.05) is 18.8 Å². The second kappa shape index (κ2) is 8.41. The summed E-state index contributed by atoms with van der Waals surface area (Å²) in [7, 11) is 0. The van der Waals surface area contributed by atoms with Crippen molar-refractivity contribution in [3.63, 3.8) is 0 Å². The van der Waals surface area contributed by atoms with Crippen LogP contribution in [0.1, 0.15) is 74.4 Å². The van der Waals surface area contributed by atoms with Gasteiger partial charge >= 0.3 is 0 Å². The summed E-state index contributed by atoms with van der Waals surface area (Å²) in [5.74, 6) is 2.60. The normalized spacial score (nSPS) is 20.9. The van der Waals surface area contributed by atoms with E-state index in [1.807, 2.05) is 0 Å². The first kappa shape index (κ1) is 17.1. The Hall–Kier alpha value is -1.70. The minimum Gasteiger partial charge on any atom is -0.241 e. The van der Waals surface area contributed by atoms with Crippen LogP contribution in [0, 0.1) is 5.92 Å². The Balaban J connectivity index is 1.52.